The van der Waals surface area contributed by atoms with Crippen LogP contribution in [-0.4, -0.2) is 33.9 Å². The molecular weight excluding hydrogens is 524 g/mol. The largest absolute Gasteiger partial charge is 0.352 e. The average Bonchev–Trinajstić information content (AvgIpc) is 3.01. The van der Waals surface area contributed by atoms with Gasteiger partial charge in [-0.25, -0.2) is 0 Å². The van der Waals surface area contributed by atoms with E-state index in [1.807, 2.05) is 24.4 Å². The SMILES string of the molecule is CC(=O)NCc1cccnc1.CCCCN(CC)C1c2ccc(Cl)cc2CCc2cc(Br)cnc21. The predicted octanol–water partition coefficient (Wildman–Crippen LogP) is 6.53. The lowest BCUT2D eigenvalue weighted by molar-refractivity contribution is -0.119. The molecule has 1 aromatic carbocycles. The summed E-state index contributed by atoms with van der Waals surface area (Å²) >= 11 is 9.86. The molecule has 0 saturated carbocycles. The Morgan fingerprint density at radius 1 is 1.17 bits per heavy atom. The number of carbonyl (C=O) groups is 1. The standard InChI is InChI=1S/C20H24BrClN2.C8H10N2O/c1-3-5-10-24(4-2)20-18-9-8-17(22)12-14(18)6-7-15-11-16(21)13-23-19(15)20;1-7(11)10-6-8-3-2-4-9-5-8/h8-9,11-13,20H,3-7,10H2,1-2H3;2-5H,6H2,1H3,(H,10,11). The lowest BCUT2D eigenvalue weighted by Crippen LogP contribution is -2.31. The molecule has 3 aromatic rings. The van der Waals surface area contributed by atoms with Gasteiger partial charge in [-0.3, -0.25) is 19.7 Å². The summed E-state index contributed by atoms with van der Waals surface area (Å²) in [5.74, 6) is -0.0196. The number of halogens is 2. The van der Waals surface area contributed by atoms with Crippen molar-refractivity contribution in [2.24, 2.45) is 0 Å². The number of nitrogens with one attached hydrogen (secondary N) is 1. The highest BCUT2D eigenvalue weighted by Crippen LogP contribution is 2.37. The van der Waals surface area contributed by atoms with Crippen molar-refractivity contribution < 1.29 is 4.79 Å². The molecule has 2 heterocycles. The quantitative estimate of drug-likeness (QED) is 0.359. The molecule has 35 heavy (non-hydrogen) atoms. The van der Waals surface area contributed by atoms with Crippen LogP contribution in [0.2, 0.25) is 5.02 Å². The molecule has 1 aliphatic rings. The first-order valence-corrected chi connectivity index (χ1v) is 13.4. The fourth-order valence-corrected chi connectivity index (χ4v) is 4.92. The van der Waals surface area contributed by atoms with Crippen LogP contribution in [0.1, 0.15) is 67.6 Å². The predicted molar refractivity (Wildman–Crippen MR) is 147 cm³/mol. The summed E-state index contributed by atoms with van der Waals surface area (Å²) in [6, 6.07) is 12.6. The van der Waals surface area contributed by atoms with Gasteiger partial charge in [0, 0.05) is 41.6 Å². The van der Waals surface area contributed by atoms with Crippen molar-refractivity contribution in [2.45, 2.75) is 59.0 Å². The van der Waals surface area contributed by atoms with E-state index in [4.69, 9.17) is 16.6 Å². The number of pyridine rings is 2. The Morgan fingerprint density at radius 2 is 1.97 bits per heavy atom. The van der Waals surface area contributed by atoms with E-state index in [9.17, 15) is 4.79 Å². The number of aromatic nitrogens is 2. The number of benzene rings is 1. The second-order valence-corrected chi connectivity index (χ2v) is 10.0. The zero-order valence-corrected chi connectivity index (χ0v) is 23.1. The molecule has 0 saturated heterocycles. The molecule has 0 bridgehead atoms. The molecular formula is C28H34BrClN4O. The molecule has 1 atom stereocenters. The molecule has 4 rings (SSSR count). The van der Waals surface area contributed by atoms with E-state index in [-0.39, 0.29) is 11.9 Å². The Balaban J connectivity index is 0.000000261. The molecule has 0 aliphatic heterocycles. The van der Waals surface area contributed by atoms with Gasteiger partial charge in [-0.15, -0.1) is 0 Å². The summed E-state index contributed by atoms with van der Waals surface area (Å²) < 4.78 is 1.06. The highest BCUT2D eigenvalue weighted by atomic mass is 79.9. The molecule has 1 aliphatic carbocycles. The first kappa shape index (κ1) is 27.3. The monoisotopic (exact) mass is 556 g/mol. The molecule has 5 nitrogen and oxygen atoms in total. The molecule has 0 fully saturated rings. The molecule has 2 aromatic heterocycles. The number of aryl methyl sites for hydroxylation is 2. The highest BCUT2D eigenvalue weighted by molar-refractivity contribution is 9.10. The van der Waals surface area contributed by atoms with Gasteiger partial charge in [0.2, 0.25) is 5.91 Å². The fraction of sp³-hybridized carbons (Fsp3) is 0.393. The summed E-state index contributed by atoms with van der Waals surface area (Å²) in [6.45, 7) is 8.66. The van der Waals surface area contributed by atoms with E-state index in [0.29, 0.717) is 6.54 Å². The minimum absolute atomic E-state index is 0.0196. The number of rotatable bonds is 7. The topological polar surface area (TPSA) is 58.1 Å². The maximum Gasteiger partial charge on any atom is 0.217 e. The lowest BCUT2D eigenvalue weighted by Gasteiger charge is -2.32. The Kier molecular flexibility index (Phi) is 10.7. The van der Waals surface area contributed by atoms with Crippen LogP contribution in [-0.2, 0) is 24.2 Å². The summed E-state index contributed by atoms with van der Waals surface area (Å²) in [7, 11) is 0. The minimum atomic E-state index is -0.0196. The van der Waals surface area contributed by atoms with Crippen molar-refractivity contribution in [3.05, 3.63) is 92.4 Å². The molecule has 7 heteroatoms. The third kappa shape index (κ3) is 7.86. The summed E-state index contributed by atoms with van der Waals surface area (Å²) in [4.78, 5) is 21.8. The molecule has 1 unspecified atom stereocenters. The molecule has 1 N–H and O–H groups in total. The number of amides is 1. The summed E-state index contributed by atoms with van der Waals surface area (Å²) in [5, 5.41) is 3.51. The van der Waals surface area contributed by atoms with Crippen molar-refractivity contribution in [1.29, 1.82) is 0 Å². The fourth-order valence-electron chi connectivity index (χ4n) is 4.34. The summed E-state index contributed by atoms with van der Waals surface area (Å²) in [5.41, 5.74) is 6.29. The van der Waals surface area contributed by atoms with E-state index in [1.165, 1.54) is 42.1 Å². The smallest absolute Gasteiger partial charge is 0.217 e. The minimum Gasteiger partial charge on any atom is -0.352 e. The van der Waals surface area contributed by atoms with E-state index >= 15 is 0 Å². The van der Waals surface area contributed by atoms with Crippen LogP contribution < -0.4 is 5.32 Å². The van der Waals surface area contributed by atoms with Gasteiger partial charge in [-0.1, -0.05) is 44.0 Å². The highest BCUT2D eigenvalue weighted by Gasteiger charge is 2.29. The van der Waals surface area contributed by atoms with Crippen LogP contribution in [0.25, 0.3) is 0 Å². The Hall–Kier alpha value is -2.28. The maximum atomic E-state index is 10.5. The maximum absolute atomic E-state index is 10.5. The third-order valence-corrected chi connectivity index (χ3v) is 6.79. The number of hydrogen-bond donors (Lipinski definition) is 1. The Bertz CT molecular complexity index is 1060. The zero-order valence-electron chi connectivity index (χ0n) is 20.7. The zero-order chi connectivity index (χ0) is 25.2. The van der Waals surface area contributed by atoms with Crippen molar-refractivity contribution in [3.8, 4) is 0 Å². The first-order chi connectivity index (χ1) is 16.9. The van der Waals surface area contributed by atoms with Crippen molar-refractivity contribution in [3.63, 3.8) is 0 Å². The van der Waals surface area contributed by atoms with Crippen LogP contribution in [0.4, 0.5) is 0 Å². The van der Waals surface area contributed by atoms with Gasteiger partial charge in [0.1, 0.15) is 0 Å². The van der Waals surface area contributed by atoms with Crippen LogP contribution in [0.5, 0.6) is 0 Å². The summed E-state index contributed by atoms with van der Waals surface area (Å²) in [6.07, 6.45) is 9.81. The van der Waals surface area contributed by atoms with Crippen molar-refractivity contribution in [2.75, 3.05) is 13.1 Å². The Labute approximate surface area is 222 Å². The van der Waals surface area contributed by atoms with Gasteiger partial charge in [-0.2, -0.15) is 0 Å². The van der Waals surface area contributed by atoms with E-state index in [1.54, 1.807) is 12.4 Å². The van der Waals surface area contributed by atoms with E-state index < -0.39 is 0 Å². The van der Waals surface area contributed by atoms with Gasteiger partial charge in [-0.05, 0) is 94.8 Å². The molecule has 186 valence electrons. The number of carbonyl (C=O) groups excluding carboxylic acids is 1. The number of nitrogens with zero attached hydrogens (tertiary/aromatic N) is 3. The molecule has 0 spiro atoms. The van der Waals surface area contributed by atoms with Crippen molar-refractivity contribution >= 4 is 33.4 Å². The van der Waals surface area contributed by atoms with Gasteiger partial charge in [0.05, 0.1) is 11.7 Å². The average molecular weight is 558 g/mol. The van der Waals surface area contributed by atoms with Crippen molar-refractivity contribution in [1.82, 2.24) is 20.2 Å². The third-order valence-electron chi connectivity index (χ3n) is 6.12. The number of hydrogen-bond acceptors (Lipinski definition) is 4. The van der Waals surface area contributed by atoms with E-state index in [2.05, 4.69) is 63.2 Å². The Morgan fingerprint density at radius 3 is 2.66 bits per heavy atom. The van der Waals surface area contributed by atoms with Gasteiger partial charge < -0.3 is 5.32 Å². The second kappa shape index (κ2) is 13.7. The second-order valence-electron chi connectivity index (χ2n) is 8.70. The van der Waals surface area contributed by atoms with Crippen LogP contribution in [0.15, 0.2) is 59.5 Å². The number of fused-ring (bicyclic) bond motifs is 2. The lowest BCUT2D eigenvalue weighted by atomic mass is 9.96. The van der Waals surface area contributed by atoms with Gasteiger partial charge in [0.25, 0.3) is 0 Å². The normalized spacial score (nSPS) is 14.3. The van der Waals surface area contributed by atoms with Crippen LogP contribution in [0, 0.1) is 0 Å². The van der Waals surface area contributed by atoms with Gasteiger partial charge >= 0.3 is 0 Å². The van der Waals surface area contributed by atoms with Crippen LogP contribution in [0.3, 0.4) is 0 Å². The first-order valence-electron chi connectivity index (χ1n) is 12.2. The number of unbranched alkanes of at least 4 members (excludes halogenated alkanes) is 1. The van der Waals surface area contributed by atoms with Crippen LogP contribution >= 0.6 is 27.5 Å². The van der Waals surface area contributed by atoms with Gasteiger partial charge in [0.15, 0.2) is 0 Å². The molecule has 0 radical (unpaired) electrons. The molecule has 1 amide bonds. The van der Waals surface area contributed by atoms with E-state index in [0.717, 1.165) is 41.0 Å².